The molecule has 0 amide bonds. The molecule has 1 aliphatic rings. The van der Waals surface area contributed by atoms with Crippen LogP contribution in [-0.4, -0.2) is 23.7 Å². The summed E-state index contributed by atoms with van der Waals surface area (Å²) < 4.78 is 0. The zero-order chi connectivity index (χ0) is 12.8. The lowest BCUT2D eigenvalue weighted by Gasteiger charge is -2.15. The van der Waals surface area contributed by atoms with E-state index in [-0.39, 0.29) is 6.10 Å². The maximum absolute atomic E-state index is 9.69. The monoisotopic (exact) mass is 247 g/mol. The summed E-state index contributed by atoms with van der Waals surface area (Å²) in [4.78, 5) is 4.28. The molecule has 4 nitrogen and oxygen atoms in total. The molecular weight excluding hydrogens is 226 g/mol. The van der Waals surface area contributed by atoms with Gasteiger partial charge in [0.15, 0.2) is 5.96 Å². The lowest BCUT2D eigenvalue weighted by molar-refractivity contribution is 0.134. The number of aliphatic imine (C=N–C) groups is 1. The summed E-state index contributed by atoms with van der Waals surface area (Å²) in [5, 5.41) is 12.8. The molecule has 2 rings (SSSR count). The van der Waals surface area contributed by atoms with Crippen LogP contribution in [0, 0.1) is 5.92 Å². The van der Waals surface area contributed by atoms with Crippen molar-refractivity contribution in [1.29, 1.82) is 0 Å². The second-order valence-corrected chi connectivity index (χ2v) is 4.83. The standard InChI is InChI=1S/C14H21N3O/c15-14(16-9-11-5-2-1-3-6-11)17-10-12-7-4-8-13(12)18/h1-3,5-6,12-13,18H,4,7-10H2,(H3,15,16,17). The number of aliphatic hydroxyl groups is 1. The number of rotatable bonds is 4. The van der Waals surface area contributed by atoms with E-state index >= 15 is 0 Å². The first-order valence-corrected chi connectivity index (χ1v) is 6.51. The molecule has 0 heterocycles. The first-order valence-electron chi connectivity index (χ1n) is 6.51. The van der Waals surface area contributed by atoms with Crippen LogP contribution < -0.4 is 11.1 Å². The molecule has 0 bridgehead atoms. The van der Waals surface area contributed by atoms with Gasteiger partial charge in [-0.25, -0.2) is 4.99 Å². The molecule has 0 aliphatic heterocycles. The Labute approximate surface area is 108 Å². The van der Waals surface area contributed by atoms with Gasteiger partial charge in [0.05, 0.1) is 12.6 Å². The van der Waals surface area contributed by atoms with Crippen molar-refractivity contribution < 1.29 is 5.11 Å². The summed E-state index contributed by atoms with van der Waals surface area (Å²) in [6, 6.07) is 10.0. The van der Waals surface area contributed by atoms with E-state index in [0.717, 1.165) is 24.8 Å². The molecule has 98 valence electrons. The van der Waals surface area contributed by atoms with E-state index in [1.165, 1.54) is 0 Å². The van der Waals surface area contributed by atoms with Crippen LogP contribution in [-0.2, 0) is 6.54 Å². The largest absolute Gasteiger partial charge is 0.393 e. The van der Waals surface area contributed by atoms with Crippen molar-refractivity contribution >= 4 is 5.96 Å². The zero-order valence-electron chi connectivity index (χ0n) is 10.5. The van der Waals surface area contributed by atoms with Gasteiger partial charge in [-0.1, -0.05) is 36.8 Å². The van der Waals surface area contributed by atoms with Gasteiger partial charge >= 0.3 is 0 Å². The number of nitrogens with zero attached hydrogens (tertiary/aromatic N) is 1. The van der Waals surface area contributed by atoms with E-state index in [0.29, 0.717) is 25.0 Å². The van der Waals surface area contributed by atoms with Crippen LogP contribution in [0.1, 0.15) is 24.8 Å². The first kappa shape index (κ1) is 12.9. The second-order valence-electron chi connectivity index (χ2n) is 4.83. The van der Waals surface area contributed by atoms with E-state index in [2.05, 4.69) is 10.3 Å². The van der Waals surface area contributed by atoms with Crippen LogP contribution in [0.2, 0.25) is 0 Å². The Kier molecular flexibility index (Phi) is 4.59. The molecule has 2 unspecified atom stereocenters. The van der Waals surface area contributed by atoms with Crippen LogP contribution in [0.5, 0.6) is 0 Å². The maximum Gasteiger partial charge on any atom is 0.188 e. The minimum atomic E-state index is -0.181. The van der Waals surface area contributed by atoms with Gasteiger partial charge in [0.1, 0.15) is 0 Å². The number of aliphatic hydroxyl groups excluding tert-OH is 1. The van der Waals surface area contributed by atoms with Gasteiger partial charge in [-0.15, -0.1) is 0 Å². The van der Waals surface area contributed by atoms with Crippen molar-refractivity contribution in [2.45, 2.75) is 31.9 Å². The van der Waals surface area contributed by atoms with E-state index < -0.39 is 0 Å². The summed E-state index contributed by atoms with van der Waals surface area (Å²) in [5.41, 5.74) is 6.94. The molecule has 0 spiro atoms. The lowest BCUT2D eigenvalue weighted by Crippen LogP contribution is -2.37. The van der Waals surface area contributed by atoms with E-state index in [1.807, 2.05) is 30.3 Å². The van der Waals surface area contributed by atoms with Gasteiger partial charge in [0, 0.05) is 12.5 Å². The van der Waals surface area contributed by atoms with Crippen molar-refractivity contribution in [1.82, 2.24) is 5.32 Å². The third kappa shape index (κ3) is 3.74. The SMILES string of the molecule is NC(=NCc1ccccc1)NCC1CCCC1O. The van der Waals surface area contributed by atoms with Crippen molar-refractivity contribution in [3.63, 3.8) is 0 Å². The maximum atomic E-state index is 9.69. The number of guanidine groups is 1. The Morgan fingerprint density at radius 3 is 2.78 bits per heavy atom. The van der Waals surface area contributed by atoms with Gasteiger partial charge in [-0.2, -0.15) is 0 Å². The highest BCUT2D eigenvalue weighted by Gasteiger charge is 2.24. The van der Waals surface area contributed by atoms with Crippen LogP contribution in [0.3, 0.4) is 0 Å². The highest BCUT2D eigenvalue weighted by Crippen LogP contribution is 2.24. The van der Waals surface area contributed by atoms with Gasteiger partial charge in [0.25, 0.3) is 0 Å². The Balaban J connectivity index is 1.75. The van der Waals surface area contributed by atoms with Crippen molar-refractivity contribution in [3.05, 3.63) is 35.9 Å². The molecule has 4 N–H and O–H groups in total. The van der Waals surface area contributed by atoms with Crippen LogP contribution in [0.15, 0.2) is 35.3 Å². The molecule has 18 heavy (non-hydrogen) atoms. The van der Waals surface area contributed by atoms with Crippen LogP contribution >= 0.6 is 0 Å². The summed E-state index contributed by atoms with van der Waals surface area (Å²) in [6.07, 6.45) is 2.90. The molecule has 4 heteroatoms. The Morgan fingerprint density at radius 1 is 1.33 bits per heavy atom. The molecular formula is C14H21N3O. The smallest absolute Gasteiger partial charge is 0.188 e. The normalized spacial score (nSPS) is 24.2. The Bertz CT molecular complexity index is 391. The fraction of sp³-hybridized carbons (Fsp3) is 0.500. The molecule has 1 aromatic rings. The highest BCUT2D eigenvalue weighted by atomic mass is 16.3. The van der Waals surface area contributed by atoms with E-state index in [9.17, 15) is 5.11 Å². The molecule has 0 saturated heterocycles. The zero-order valence-corrected chi connectivity index (χ0v) is 10.5. The minimum absolute atomic E-state index is 0.181. The second kappa shape index (κ2) is 6.40. The highest BCUT2D eigenvalue weighted by molar-refractivity contribution is 5.77. The first-order chi connectivity index (χ1) is 8.75. The Hall–Kier alpha value is -1.55. The predicted octanol–water partition coefficient (Wildman–Crippen LogP) is 1.25. The van der Waals surface area contributed by atoms with Crippen LogP contribution in [0.25, 0.3) is 0 Å². The number of benzene rings is 1. The van der Waals surface area contributed by atoms with E-state index in [4.69, 9.17) is 5.73 Å². The van der Waals surface area contributed by atoms with Crippen molar-refractivity contribution in [3.8, 4) is 0 Å². The summed E-state index contributed by atoms with van der Waals surface area (Å²) in [7, 11) is 0. The van der Waals surface area contributed by atoms with Crippen molar-refractivity contribution in [2.24, 2.45) is 16.6 Å². The van der Waals surface area contributed by atoms with Gasteiger partial charge < -0.3 is 16.2 Å². The average Bonchev–Trinajstić information content (AvgIpc) is 2.81. The van der Waals surface area contributed by atoms with E-state index in [1.54, 1.807) is 0 Å². The number of nitrogens with two attached hydrogens (primary N) is 1. The topological polar surface area (TPSA) is 70.6 Å². The minimum Gasteiger partial charge on any atom is -0.393 e. The fourth-order valence-electron chi connectivity index (χ4n) is 2.31. The molecule has 0 aromatic heterocycles. The molecule has 1 aromatic carbocycles. The van der Waals surface area contributed by atoms with Crippen LogP contribution in [0.4, 0.5) is 0 Å². The quantitative estimate of drug-likeness (QED) is 0.554. The third-order valence-corrected chi connectivity index (χ3v) is 3.44. The summed E-state index contributed by atoms with van der Waals surface area (Å²) in [6.45, 7) is 1.30. The third-order valence-electron chi connectivity index (χ3n) is 3.44. The molecule has 2 atom stereocenters. The van der Waals surface area contributed by atoms with Gasteiger partial charge in [-0.3, -0.25) is 0 Å². The molecule has 1 fully saturated rings. The number of hydrogen-bond donors (Lipinski definition) is 3. The number of hydrogen-bond acceptors (Lipinski definition) is 2. The molecule has 1 aliphatic carbocycles. The van der Waals surface area contributed by atoms with Crippen molar-refractivity contribution in [2.75, 3.05) is 6.54 Å². The average molecular weight is 247 g/mol. The molecule has 0 radical (unpaired) electrons. The van der Waals surface area contributed by atoms with Gasteiger partial charge in [0.2, 0.25) is 0 Å². The predicted molar refractivity (Wildman–Crippen MR) is 73.1 cm³/mol. The summed E-state index contributed by atoms with van der Waals surface area (Å²) in [5.74, 6) is 0.772. The number of nitrogens with one attached hydrogen (secondary N) is 1. The summed E-state index contributed by atoms with van der Waals surface area (Å²) >= 11 is 0. The fourth-order valence-corrected chi connectivity index (χ4v) is 2.31. The lowest BCUT2D eigenvalue weighted by atomic mass is 10.1. The molecule has 1 saturated carbocycles. The van der Waals surface area contributed by atoms with Gasteiger partial charge in [-0.05, 0) is 18.4 Å². The Morgan fingerprint density at radius 2 is 2.11 bits per heavy atom.